The molecule has 14 nitrogen and oxygen atoms in total. The number of aliphatic hydroxyl groups is 1. The van der Waals surface area contributed by atoms with Gasteiger partial charge < -0.3 is 44.0 Å². The third-order valence-corrected chi connectivity index (χ3v) is 14.6. The quantitative estimate of drug-likeness (QED) is 0.143. The third-order valence-electron chi connectivity index (χ3n) is 13.2. The van der Waals surface area contributed by atoms with E-state index in [2.05, 4.69) is 20.1 Å². The number of phenolic OH excluding ortho intramolecular Hbond substituents is 2. The van der Waals surface area contributed by atoms with Crippen LogP contribution in [-0.4, -0.2) is 106 Å². The molecule has 0 saturated carbocycles. The van der Waals surface area contributed by atoms with Crippen molar-refractivity contribution in [3.05, 3.63) is 68.9 Å². The van der Waals surface area contributed by atoms with E-state index in [9.17, 15) is 24.9 Å². The lowest BCUT2D eigenvalue weighted by Gasteiger charge is -2.61. The number of aromatic hydroxyl groups is 2. The maximum Gasteiger partial charge on any atom is 0.308 e. The Morgan fingerprint density at radius 3 is 2.63 bits per heavy atom. The second-order valence-electron chi connectivity index (χ2n) is 16.4. The summed E-state index contributed by atoms with van der Waals surface area (Å²) in [4.78, 5) is 35.8. The lowest BCUT2D eigenvalue weighted by molar-refractivity contribution is -0.181. The molecule has 4 aromatic rings. The average molecular weight is 799 g/mol. The van der Waals surface area contributed by atoms with Crippen LogP contribution in [0.1, 0.15) is 75.8 Å². The minimum atomic E-state index is -1.26. The Balaban J connectivity index is 1.25. The number of aryl methyl sites for hydroxylation is 1. The van der Waals surface area contributed by atoms with Gasteiger partial charge in [-0.05, 0) is 75.5 Å². The molecular formula is C42H46N4O10S. The maximum absolute atomic E-state index is 15.0. The number of hydrogen-bond acceptors (Lipinski definition) is 14. The molecule has 0 radical (unpaired) electrons. The molecule has 8 heterocycles. The Hall–Kier alpha value is -4.51. The number of rotatable bonds is 2. The van der Waals surface area contributed by atoms with E-state index in [1.54, 1.807) is 19.2 Å². The molecule has 3 aromatic carbocycles. The number of fused-ring (bicyclic) bond motifs is 12. The number of ether oxygens (including phenoxy) is 5. The zero-order valence-corrected chi connectivity index (χ0v) is 33.4. The summed E-state index contributed by atoms with van der Waals surface area (Å²) in [5.41, 5.74) is 5.62. The lowest BCUT2D eigenvalue weighted by Crippen LogP contribution is -2.69. The van der Waals surface area contributed by atoms with Crippen molar-refractivity contribution >= 4 is 34.4 Å². The molecule has 2 fully saturated rings. The Morgan fingerprint density at radius 2 is 1.86 bits per heavy atom. The first-order valence-corrected chi connectivity index (χ1v) is 20.4. The van der Waals surface area contributed by atoms with Crippen molar-refractivity contribution < 1.29 is 48.6 Å². The van der Waals surface area contributed by atoms with Gasteiger partial charge in [0.05, 0.1) is 37.1 Å². The number of piperazine rings is 1. The first-order chi connectivity index (χ1) is 27.3. The fraction of sp³-hybridized carbons (Fsp3) is 0.476. The minimum absolute atomic E-state index is 0.0136. The van der Waals surface area contributed by atoms with Crippen LogP contribution in [0.3, 0.4) is 0 Å². The van der Waals surface area contributed by atoms with Crippen LogP contribution in [0.2, 0.25) is 0 Å². The van der Waals surface area contributed by atoms with Gasteiger partial charge in [-0.1, -0.05) is 6.07 Å². The van der Waals surface area contributed by atoms with E-state index in [1.807, 2.05) is 40.0 Å². The molecule has 7 aliphatic heterocycles. The number of phenols is 2. The van der Waals surface area contributed by atoms with E-state index < -0.39 is 41.1 Å². The first kappa shape index (κ1) is 36.8. The number of aliphatic hydroxyl groups excluding tert-OH is 1. The van der Waals surface area contributed by atoms with Crippen LogP contribution >= 0.6 is 11.8 Å². The minimum Gasteiger partial charge on any atom is -0.508 e. The van der Waals surface area contributed by atoms with Crippen LogP contribution in [0.15, 0.2) is 24.3 Å². The van der Waals surface area contributed by atoms with E-state index >= 15 is 0 Å². The summed E-state index contributed by atoms with van der Waals surface area (Å²) in [5, 5.41) is 39.3. The van der Waals surface area contributed by atoms with Crippen molar-refractivity contribution in [1.82, 2.24) is 20.1 Å². The molecule has 15 heteroatoms. The number of methoxy groups -OCH3 is 1. The van der Waals surface area contributed by atoms with Crippen molar-refractivity contribution in [1.29, 1.82) is 0 Å². The van der Waals surface area contributed by atoms with Gasteiger partial charge in [-0.25, -0.2) is 0 Å². The Kier molecular flexibility index (Phi) is 8.39. The zero-order chi connectivity index (χ0) is 39.8. The summed E-state index contributed by atoms with van der Waals surface area (Å²) < 4.78 is 30.8. The summed E-state index contributed by atoms with van der Waals surface area (Å²) in [5.74, 6) is 1.41. The molecule has 0 amide bonds. The maximum atomic E-state index is 15.0. The predicted molar refractivity (Wildman–Crippen MR) is 209 cm³/mol. The first-order valence-electron chi connectivity index (χ1n) is 19.4. The number of carbonyl (C=O) groups excluding carboxylic acids is 2. The molecular weight excluding hydrogens is 753 g/mol. The van der Waals surface area contributed by atoms with E-state index in [4.69, 9.17) is 23.7 Å². The van der Waals surface area contributed by atoms with Gasteiger partial charge in [0.25, 0.3) is 0 Å². The van der Waals surface area contributed by atoms with Gasteiger partial charge >= 0.3 is 5.97 Å². The predicted octanol–water partition coefficient (Wildman–Crippen LogP) is 4.32. The number of nitrogens with zero attached hydrogens (tertiary/aromatic N) is 2. The number of nitrogens with one attached hydrogen (secondary N) is 2. The van der Waals surface area contributed by atoms with Crippen LogP contribution < -0.4 is 24.3 Å². The van der Waals surface area contributed by atoms with Crippen molar-refractivity contribution in [3.8, 4) is 34.5 Å². The SMILES string of the molecule is COc1c(C)cc2c(c1O)[C@@H]1C3[C@@H]4SC[C@]5(NC(C)Cc6c5[nH]c5ccc(O)cc65)C(=O)COC[C@@H](c5c6c(c(C)c(OC(C)=O)c54)OCO6)N3[C@@H](O)[C@H](C2)N1C. The highest BCUT2D eigenvalue weighted by Gasteiger charge is 2.61. The molecule has 11 rings (SSSR count). The largest absolute Gasteiger partial charge is 0.508 e. The molecule has 57 heavy (non-hydrogen) atoms. The molecule has 2 unspecified atom stereocenters. The van der Waals surface area contributed by atoms with Gasteiger partial charge in [0.1, 0.15) is 29.9 Å². The highest BCUT2D eigenvalue weighted by molar-refractivity contribution is 7.99. The zero-order valence-electron chi connectivity index (χ0n) is 32.6. The van der Waals surface area contributed by atoms with Crippen LogP contribution in [0.5, 0.6) is 34.5 Å². The van der Waals surface area contributed by atoms with Gasteiger partial charge in [-0.2, -0.15) is 0 Å². The molecule has 7 aliphatic rings. The molecule has 4 bridgehead atoms. The number of H-pyrrole nitrogens is 1. The fourth-order valence-electron chi connectivity index (χ4n) is 10.9. The second-order valence-corrected chi connectivity index (χ2v) is 17.5. The van der Waals surface area contributed by atoms with Crippen LogP contribution in [0.25, 0.3) is 10.9 Å². The summed E-state index contributed by atoms with van der Waals surface area (Å²) in [6, 6.07) is 5.01. The summed E-state index contributed by atoms with van der Waals surface area (Å²) in [7, 11) is 3.52. The molecule has 8 atom stereocenters. The summed E-state index contributed by atoms with van der Waals surface area (Å²) in [6.07, 6.45) is 0.0816. The van der Waals surface area contributed by atoms with E-state index in [0.29, 0.717) is 58.1 Å². The standard InChI is InChI=1S/C42H46N4O10S/c1-17-9-21-11-26-41(51)46-27-13-53-14-28(49)42(40-24(10-18(2)44-42)23-12-22(48)7-8-25(23)43-40)15-57-39(33(46)32(45(26)5)29(21)34(50)35(17)52-6)31-30(27)38-37(54-16-55-38)19(3)36(31)56-20(4)47/h7-9,12,18,26-27,32-33,39,41,43-44,48,50-51H,10-11,13-16H2,1-6H3/t18?,26-,27-,32+,33?,39+,41-,42-/m0/s1. The summed E-state index contributed by atoms with van der Waals surface area (Å²) in [6.45, 7) is 6.87. The van der Waals surface area contributed by atoms with Crippen molar-refractivity contribution in [2.75, 3.05) is 39.9 Å². The molecule has 1 spiro atoms. The van der Waals surface area contributed by atoms with Crippen molar-refractivity contribution in [3.63, 3.8) is 0 Å². The Bertz CT molecular complexity index is 2400. The van der Waals surface area contributed by atoms with E-state index in [1.165, 1.54) is 18.7 Å². The molecule has 300 valence electrons. The number of benzene rings is 3. The third kappa shape index (κ3) is 5.08. The molecule has 2 saturated heterocycles. The smallest absolute Gasteiger partial charge is 0.308 e. The Morgan fingerprint density at radius 1 is 1.07 bits per heavy atom. The van der Waals surface area contributed by atoms with Crippen LogP contribution in [0.4, 0.5) is 0 Å². The van der Waals surface area contributed by atoms with Gasteiger partial charge in [0, 0.05) is 63.6 Å². The number of thioether (sulfide) groups is 1. The highest BCUT2D eigenvalue weighted by atomic mass is 32.2. The van der Waals surface area contributed by atoms with Crippen LogP contribution in [-0.2, 0) is 32.7 Å². The van der Waals surface area contributed by atoms with Gasteiger partial charge in [-0.3, -0.25) is 24.7 Å². The topological polar surface area (TPSA) is 175 Å². The lowest BCUT2D eigenvalue weighted by atomic mass is 9.73. The van der Waals surface area contributed by atoms with E-state index in [0.717, 1.165) is 33.3 Å². The van der Waals surface area contributed by atoms with Crippen molar-refractivity contribution in [2.24, 2.45) is 0 Å². The molecule has 0 aliphatic carbocycles. The van der Waals surface area contributed by atoms with Crippen molar-refractivity contribution in [2.45, 2.75) is 87.8 Å². The summed E-state index contributed by atoms with van der Waals surface area (Å²) >= 11 is 1.53. The number of esters is 1. The Labute approximate surface area is 333 Å². The monoisotopic (exact) mass is 798 g/mol. The normalized spacial score (nSPS) is 30.4. The van der Waals surface area contributed by atoms with Gasteiger partial charge in [0.2, 0.25) is 6.79 Å². The number of likely N-dealkylation sites (N-methyl/N-ethyl adjacent to an activating group) is 1. The number of carbonyl (C=O) groups is 2. The molecule has 1 aromatic heterocycles. The number of aromatic nitrogens is 1. The van der Waals surface area contributed by atoms with Gasteiger partial charge in [-0.15, -0.1) is 11.8 Å². The molecule has 5 N–H and O–H groups in total. The average Bonchev–Trinajstić information content (AvgIpc) is 3.79. The number of Topliss-reactive ketones (excluding diaryl/α,β-unsaturated/α-hetero) is 1. The van der Waals surface area contributed by atoms with Gasteiger partial charge in [0.15, 0.2) is 28.8 Å². The number of hydrogen-bond donors (Lipinski definition) is 5. The highest BCUT2D eigenvalue weighted by Crippen LogP contribution is 2.64. The number of ketones is 1. The number of aromatic amines is 1. The second kappa shape index (κ2) is 13.0. The van der Waals surface area contributed by atoms with Crippen LogP contribution in [0, 0.1) is 13.8 Å². The van der Waals surface area contributed by atoms with E-state index in [-0.39, 0.29) is 55.1 Å². The fourth-order valence-corrected chi connectivity index (χ4v) is 12.6.